The van der Waals surface area contributed by atoms with Crippen LogP contribution < -0.4 is 9.47 Å². The van der Waals surface area contributed by atoms with Gasteiger partial charge in [-0.3, -0.25) is 14.5 Å². The lowest BCUT2D eigenvalue weighted by molar-refractivity contribution is -0.143. The summed E-state index contributed by atoms with van der Waals surface area (Å²) < 4.78 is 16.2. The van der Waals surface area contributed by atoms with Gasteiger partial charge in [-0.2, -0.15) is 0 Å². The summed E-state index contributed by atoms with van der Waals surface area (Å²) in [6.45, 7) is 0.0816. The topological polar surface area (TPSA) is 65.1 Å². The maximum Gasteiger partial charge on any atom is 0.325 e. The van der Waals surface area contributed by atoms with E-state index in [1.165, 1.54) is 19.1 Å². The molecule has 0 atom stereocenters. The molecule has 0 aromatic heterocycles. The van der Waals surface area contributed by atoms with Crippen molar-refractivity contribution in [1.29, 1.82) is 0 Å². The first kappa shape index (κ1) is 22.1. The van der Waals surface area contributed by atoms with Crippen molar-refractivity contribution < 1.29 is 23.8 Å². The molecule has 0 aliphatic carbocycles. The second-order valence-corrected chi connectivity index (χ2v) is 8.22. The molecule has 6 nitrogen and oxygen atoms in total. The number of amides is 1. The van der Waals surface area contributed by atoms with Crippen LogP contribution in [0.1, 0.15) is 11.1 Å². The normalized spacial score (nSPS) is 14.9. The lowest BCUT2D eigenvalue weighted by Crippen LogP contribution is -2.33. The summed E-state index contributed by atoms with van der Waals surface area (Å²) >= 11 is 12.5. The summed E-state index contributed by atoms with van der Waals surface area (Å²) in [7, 11) is 2.80. The van der Waals surface area contributed by atoms with Crippen LogP contribution in [0, 0.1) is 0 Å². The van der Waals surface area contributed by atoms with Crippen LogP contribution in [0.25, 0.3) is 6.08 Å². The van der Waals surface area contributed by atoms with E-state index in [9.17, 15) is 9.59 Å². The van der Waals surface area contributed by atoms with E-state index in [4.69, 9.17) is 33.3 Å². The van der Waals surface area contributed by atoms with Gasteiger partial charge in [0.15, 0.2) is 11.5 Å². The smallest absolute Gasteiger partial charge is 0.325 e. The Hall–Kier alpha value is -2.55. The minimum Gasteiger partial charge on any atom is -0.493 e. The fraction of sp³-hybridized carbons (Fsp3) is 0.190. The van der Waals surface area contributed by atoms with Crippen LogP contribution in [0.3, 0.4) is 0 Å². The standard InChI is InChI=1S/C21H18ClNO5S2/c1-26-17-9-13(7-8-16(17)28-12-14-5-3-4-6-15(14)22)10-18-20(25)23(21(29)30-18)11-19(24)27-2/h3-10H,11-12H2,1-2H3/b18-10-. The van der Waals surface area contributed by atoms with Crippen LogP contribution in [0.4, 0.5) is 0 Å². The molecule has 0 N–H and O–H groups in total. The third-order valence-electron chi connectivity index (χ3n) is 4.21. The predicted octanol–water partition coefficient (Wildman–Crippen LogP) is 4.30. The Bertz CT molecular complexity index is 1020. The maximum atomic E-state index is 12.6. The Morgan fingerprint density at radius 3 is 2.67 bits per heavy atom. The molecule has 2 aromatic carbocycles. The van der Waals surface area contributed by atoms with E-state index in [1.54, 1.807) is 30.3 Å². The van der Waals surface area contributed by atoms with Crippen LogP contribution >= 0.6 is 35.6 Å². The minimum absolute atomic E-state index is 0.212. The van der Waals surface area contributed by atoms with Gasteiger partial charge < -0.3 is 14.2 Å². The average molecular weight is 464 g/mol. The Labute approximate surface area is 188 Å². The van der Waals surface area contributed by atoms with Gasteiger partial charge in [0.25, 0.3) is 5.91 Å². The number of hydrogen-bond acceptors (Lipinski definition) is 7. The third kappa shape index (κ3) is 5.13. The van der Waals surface area contributed by atoms with Gasteiger partial charge in [-0.1, -0.05) is 59.8 Å². The molecular weight excluding hydrogens is 446 g/mol. The molecule has 156 valence electrons. The minimum atomic E-state index is -0.533. The molecule has 1 aliphatic heterocycles. The van der Waals surface area contributed by atoms with Gasteiger partial charge in [-0.15, -0.1) is 0 Å². The molecule has 1 heterocycles. The number of methoxy groups -OCH3 is 2. The van der Waals surface area contributed by atoms with Crippen LogP contribution in [0.15, 0.2) is 47.4 Å². The van der Waals surface area contributed by atoms with Gasteiger partial charge in [0, 0.05) is 10.6 Å². The lowest BCUT2D eigenvalue weighted by Gasteiger charge is -2.12. The molecule has 0 radical (unpaired) electrons. The fourth-order valence-electron chi connectivity index (χ4n) is 2.65. The van der Waals surface area contributed by atoms with E-state index in [0.29, 0.717) is 32.4 Å². The number of ether oxygens (including phenoxy) is 3. The predicted molar refractivity (Wildman–Crippen MR) is 121 cm³/mol. The molecular formula is C21H18ClNO5S2. The quantitative estimate of drug-likeness (QED) is 0.344. The largest absolute Gasteiger partial charge is 0.493 e. The summed E-state index contributed by atoms with van der Waals surface area (Å²) in [5.74, 6) is 0.191. The number of rotatable bonds is 7. The van der Waals surface area contributed by atoms with Gasteiger partial charge in [-0.05, 0) is 29.8 Å². The van der Waals surface area contributed by atoms with Crippen molar-refractivity contribution in [2.75, 3.05) is 20.8 Å². The zero-order valence-electron chi connectivity index (χ0n) is 16.2. The fourth-order valence-corrected chi connectivity index (χ4v) is 4.09. The van der Waals surface area contributed by atoms with Gasteiger partial charge in [-0.25, -0.2) is 0 Å². The first-order valence-electron chi connectivity index (χ1n) is 8.79. The number of thiocarbonyl (C=S) groups is 1. The first-order chi connectivity index (χ1) is 14.4. The first-order valence-corrected chi connectivity index (χ1v) is 10.4. The Morgan fingerprint density at radius 1 is 1.20 bits per heavy atom. The number of thioether (sulfide) groups is 1. The van der Waals surface area contributed by atoms with E-state index in [2.05, 4.69) is 4.74 Å². The molecule has 0 spiro atoms. The summed E-state index contributed by atoms with van der Waals surface area (Å²) in [6.07, 6.45) is 1.69. The summed E-state index contributed by atoms with van der Waals surface area (Å²) in [5, 5.41) is 0.627. The number of halogens is 1. The number of carbonyl (C=O) groups is 2. The number of benzene rings is 2. The highest BCUT2D eigenvalue weighted by Gasteiger charge is 2.33. The molecule has 0 bridgehead atoms. The van der Waals surface area contributed by atoms with Crippen molar-refractivity contribution >= 4 is 57.9 Å². The third-order valence-corrected chi connectivity index (χ3v) is 5.96. The van der Waals surface area contributed by atoms with Crippen LogP contribution in [-0.4, -0.2) is 41.9 Å². The molecule has 1 aliphatic rings. The van der Waals surface area contributed by atoms with Gasteiger partial charge in [0.1, 0.15) is 17.5 Å². The highest BCUT2D eigenvalue weighted by Crippen LogP contribution is 2.35. The monoisotopic (exact) mass is 463 g/mol. The van der Waals surface area contributed by atoms with Crippen molar-refractivity contribution in [1.82, 2.24) is 4.90 Å². The SMILES string of the molecule is COC(=O)CN1C(=O)/C(=C/c2ccc(OCc3ccccc3Cl)c(OC)c2)SC1=S. The summed E-state index contributed by atoms with van der Waals surface area (Å²) in [5.41, 5.74) is 1.59. The van der Waals surface area contributed by atoms with Gasteiger partial charge >= 0.3 is 5.97 Å². The van der Waals surface area contributed by atoms with Crippen molar-refractivity contribution in [3.63, 3.8) is 0 Å². The second kappa shape index (κ2) is 9.97. The molecule has 3 rings (SSSR count). The molecule has 2 aromatic rings. The van der Waals surface area contributed by atoms with Crippen molar-refractivity contribution in [3.05, 3.63) is 63.5 Å². The number of carbonyl (C=O) groups excluding carboxylic acids is 2. The van der Waals surface area contributed by atoms with Crippen LogP contribution in [0.5, 0.6) is 11.5 Å². The van der Waals surface area contributed by atoms with Gasteiger partial charge in [0.2, 0.25) is 0 Å². The van der Waals surface area contributed by atoms with Crippen LogP contribution in [-0.2, 0) is 20.9 Å². The Balaban J connectivity index is 1.76. The highest BCUT2D eigenvalue weighted by atomic mass is 35.5. The summed E-state index contributed by atoms with van der Waals surface area (Å²) in [4.78, 5) is 25.7. The average Bonchev–Trinajstić information content (AvgIpc) is 3.00. The van der Waals surface area contributed by atoms with E-state index in [1.807, 2.05) is 18.2 Å². The highest BCUT2D eigenvalue weighted by molar-refractivity contribution is 8.26. The number of esters is 1. The zero-order chi connectivity index (χ0) is 21.7. The number of nitrogens with zero attached hydrogens (tertiary/aromatic N) is 1. The van der Waals surface area contributed by atoms with Crippen molar-refractivity contribution in [2.45, 2.75) is 6.61 Å². The molecule has 9 heteroatoms. The van der Waals surface area contributed by atoms with E-state index < -0.39 is 5.97 Å². The maximum absolute atomic E-state index is 12.6. The molecule has 30 heavy (non-hydrogen) atoms. The van der Waals surface area contributed by atoms with Crippen molar-refractivity contribution in [2.24, 2.45) is 0 Å². The molecule has 0 saturated carbocycles. The molecule has 1 amide bonds. The Morgan fingerprint density at radius 2 is 1.97 bits per heavy atom. The van der Waals surface area contributed by atoms with Crippen molar-refractivity contribution in [3.8, 4) is 11.5 Å². The van der Waals surface area contributed by atoms with E-state index in [0.717, 1.165) is 22.9 Å². The van der Waals surface area contributed by atoms with E-state index in [-0.39, 0.29) is 12.5 Å². The molecule has 1 fully saturated rings. The zero-order valence-corrected chi connectivity index (χ0v) is 18.6. The molecule has 1 saturated heterocycles. The summed E-state index contributed by atoms with van der Waals surface area (Å²) in [6, 6.07) is 12.8. The Kier molecular flexibility index (Phi) is 7.36. The number of hydrogen-bond donors (Lipinski definition) is 0. The second-order valence-electron chi connectivity index (χ2n) is 6.13. The van der Waals surface area contributed by atoms with E-state index >= 15 is 0 Å². The lowest BCUT2D eigenvalue weighted by atomic mass is 10.1. The van der Waals surface area contributed by atoms with Gasteiger partial charge in [0.05, 0.1) is 19.1 Å². The van der Waals surface area contributed by atoms with Crippen LogP contribution in [0.2, 0.25) is 5.02 Å². The molecule has 0 unspecified atom stereocenters.